The zero-order valence-electron chi connectivity index (χ0n) is 10.9. The SMILES string of the molecule is O=C(CCNC(=O)c1ccco1)Nc1ccc(F)c(F)c1. The number of carbonyl (C=O) groups excluding carboxylic acids is 2. The number of benzene rings is 1. The molecule has 2 N–H and O–H groups in total. The van der Waals surface area contributed by atoms with E-state index in [2.05, 4.69) is 10.6 Å². The number of anilines is 1. The van der Waals surface area contributed by atoms with Crippen LogP contribution in [0.5, 0.6) is 0 Å². The smallest absolute Gasteiger partial charge is 0.286 e. The van der Waals surface area contributed by atoms with Crippen LogP contribution in [0.3, 0.4) is 0 Å². The van der Waals surface area contributed by atoms with Crippen molar-refractivity contribution in [1.29, 1.82) is 0 Å². The first-order chi connectivity index (χ1) is 10.1. The summed E-state index contributed by atoms with van der Waals surface area (Å²) in [7, 11) is 0. The Hall–Kier alpha value is -2.70. The highest BCUT2D eigenvalue weighted by molar-refractivity contribution is 5.93. The topological polar surface area (TPSA) is 71.3 Å². The van der Waals surface area contributed by atoms with Crippen LogP contribution in [0.15, 0.2) is 41.0 Å². The summed E-state index contributed by atoms with van der Waals surface area (Å²) in [6.07, 6.45) is 1.36. The molecule has 0 radical (unpaired) electrons. The van der Waals surface area contributed by atoms with Crippen molar-refractivity contribution in [3.8, 4) is 0 Å². The molecule has 21 heavy (non-hydrogen) atoms. The molecule has 0 unspecified atom stereocenters. The summed E-state index contributed by atoms with van der Waals surface area (Å²) in [5, 5.41) is 4.89. The number of nitrogens with one attached hydrogen (secondary N) is 2. The maximum Gasteiger partial charge on any atom is 0.286 e. The third-order valence-electron chi connectivity index (χ3n) is 2.59. The highest BCUT2D eigenvalue weighted by Crippen LogP contribution is 2.13. The summed E-state index contributed by atoms with van der Waals surface area (Å²) in [5.41, 5.74) is 0.149. The molecule has 2 rings (SSSR count). The van der Waals surface area contributed by atoms with E-state index in [1.165, 1.54) is 18.4 Å². The molecule has 110 valence electrons. The van der Waals surface area contributed by atoms with Gasteiger partial charge in [-0.3, -0.25) is 9.59 Å². The lowest BCUT2D eigenvalue weighted by Crippen LogP contribution is -2.27. The van der Waals surface area contributed by atoms with Crippen molar-refractivity contribution >= 4 is 17.5 Å². The molecule has 0 aliphatic carbocycles. The van der Waals surface area contributed by atoms with Gasteiger partial charge in [0.05, 0.1) is 6.26 Å². The zero-order valence-corrected chi connectivity index (χ0v) is 10.9. The fourth-order valence-corrected chi connectivity index (χ4v) is 1.58. The van der Waals surface area contributed by atoms with Crippen molar-refractivity contribution in [2.24, 2.45) is 0 Å². The molecular weight excluding hydrogens is 282 g/mol. The first kappa shape index (κ1) is 14.7. The van der Waals surface area contributed by atoms with Gasteiger partial charge in [0.15, 0.2) is 17.4 Å². The predicted molar refractivity (Wildman–Crippen MR) is 70.6 cm³/mol. The summed E-state index contributed by atoms with van der Waals surface area (Å²) >= 11 is 0. The van der Waals surface area contributed by atoms with Gasteiger partial charge in [-0.25, -0.2) is 8.78 Å². The van der Waals surface area contributed by atoms with E-state index in [0.29, 0.717) is 0 Å². The van der Waals surface area contributed by atoms with Crippen molar-refractivity contribution < 1.29 is 22.8 Å². The molecule has 0 bridgehead atoms. The minimum atomic E-state index is -1.04. The first-order valence-electron chi connectivity index (χ1n) is 6.13. The van der Waals surface area contributed by atoms with Crippen molar-refractivity contribution in [2.45, 2.75) is 6.42 Å². The minimum Gasteiger partial charge on any atom is -0.459 e. The summed E-state index contributed by atoms with van der Waals surface area (Å²) in [5.74, 6) is -2.74. The molecule has 1 heterocycles. The fourth-order valence-electron chi connectivity index (χ4n) is 1.58. The number of hydrogen-bond acceptors (Lipinski definition) is 3. The van der Waals surface area contributed by atoms with Gasteiger partial charge >= 0.3 is 0 Å². The fraction of sp³-hybridized carbons (Fsp3) is 0.143. The van der Waals surface area contributed by atoms with E-state index in [0.717, 1.165) is 12.1 Å². The van der Waals surface area contributed by atoms with Crippen LogP contribution in [-0.2, 0) is 4.79 Å². The summed E-state index contributed by atoms with van der Waals surface area (Å²) in [4.78, 5) is 23.1. The van der Waals surface area contributed by atoms with Gasteiger partial charge in [0.25, 0.3) is 5.91 Å². The predicted octanol–water partition coefficient (Wildman–Crippen LogP) is 2.32. The molecule has 0 spiro atoms. The van der Waals surface area contributed by atoms with E-state index >= 15 is 0 Å². The molecule has 0 saturated carbocycles. The number of rotatable bonds is 5. The third-order valence-corrected chi connectivity index (χ3v) is 2.59. The van der Waals surface area contributed by atoms with Crippen LogP contribution in [0, 0.1) is 11.6 Å². The lowest BCUT2D eigenvalue weighted by molar-refractivity contribution is -0.116. The Bertz CT molecular complexity index is 642. The van der Waals surface area contributed by atoms with Gasteiger partial charge in [-0.05, 0) is 24.3 Å². The van der Waals surface area contributed by atoms with E-state index < -0.39 is 23.4 Å². The van der Waals surface area contributed by atoms with Crippen molar-refractivity contribution in [3.05, 3.63) is 54.0 Å². The second-order valence-electron chi connectivity index (χ2n) is 4.16. The van der Waals surface area contributed by atoms with Gasteiger partial charge in [-0.2, -0.15) is 0 Å². The molecule has 0 aliphatic rings. The normalized spacial score (nSPS) is 10.2. The molecular formula is C14H12F2N2O3. The van der Waals surface area contributed by atoms with Crippen LogP contribution < -0.4 is 10.6 Å². The molecule has 5 nitrogen and oxygen atoms in total. The van der Waals surface area contributed by atoms with Gasteiger partial charge in [0, 0.05) is 24.7 Å². The molecule has 0 fully saturated rings. The Morgan fingerprint density at radius 3 is 2.62 bits per heavy atom. The number of carbonyl (C=O) groups is 2. The average molecular weight is 294 g/mol. The molecule has 1 aromatic heterocycles. The Kier molecular flexibility index (Phi) is 4.65. The van der Waals surface area contributed by atoms with E-state index in [1.54, 1.807) is 6.07 Å². The summed E-state index contributed by atoms with van der Waals surface area (Å²) in [6.45, 7) is 0.0923. The van der Waals surface area contributed by atoms with E-state index in [1.807, 2.05) is 0 Å². The molecule has 7 heteroatoms. The van der Waals surface area contributed by atoms with Gasteiger partial charge in [0.2, 0.25) is 5.91 Å². The van der Waals surface area contributed by atoms with Crippen molar-refractivity contribution in [2.75, 3.05) is 11.9 Å². The highest BCUT2D eigenvalue weighted by atomic mass is 19.2. The molecule has 1 aromatic carbocycles. The second-order valence-corrected chi connectivity index (χ2v) is 4.16. The number of furan rings is 1. The number of amides is 2. The molecule has 0 atom stereocenters. The Balaban J connectivity index is 1.77. The maximum absolute atomic E-state index is 13.0. The zero-order chi connectivity index (χ0) is 15.2. The van der Waals surface area contributed by atoms with Gasteiger partial charge in [-0.1, -0.05) is 0 Å². The van der Waals surface area contributed by atoms with E-state index in [-0.39, 0.29) is 24.4 Å². The lowest BCUT2D eigenvalue weighted by Gasteiger charge is -2.06. The first-order valence-corrected chi connectivity index (χ1v) is 6.13. The molecule has 2 amide bonds. The quantitative estimate of drug-likeness (QED) is 0.889. The molecule has 2 aromatic rings. The Morgan fingerprint density at radius 2 is 1.95 bits per heavy atom. The molecule has 0 saturated heterocycles. The van der Waals surface area contributed by atoms with Gasteiger partial charge < -0.3 is 15.1 Å². The Morgan fingerprint density at radius 1 is 1.14 bits per heavy atom. The van der Waals surface area contributed by atoms with Gasteiger partial charge in [-0.15, -0.1) is 0 Å². The van der Waals surface area contributed by atoms with Crippen LogP contribution >= 0.6 is 0 Å². The second kappa shape index (κ2) is 6.65. The van der Waals surface area contributed by atoms with Crippen LogP contribution in [0.2, 0.25) is 0 Å². The van der Waals surface area contributed by atoms with Crippen LogP contribution in [-0.4, -0.2) is 18.4 Å². The molecule has 0 aliphatic heterocycles. The third kappa shape index (κ3) is 4.13. The van der Waals surface area contributed by atoms with Crippen LogP contribution in [0.25, 0.3) is 0 Å². The minimum absolute atomic E-state index is 0.00849. The van der Waals surface area contributed by atoms with E-state index in [9.17, 15) is 18.4 Å². The highest BCUT2D eigenvalue weighted by Gasteiger charge is 2.09. The van der Waals surface area contributed by atoms with E-state index in [4.69, 9.17) is 4.42 Å². The monoisotopic (exact) mass is 294 g/mol. The number of hydrogen-bond donors (Lipinski definition) is 2. The standard InChI is InChI=1S/C14H12F2N2O3/c15-10-4-3-9(8-11(10)16)18-13(19)5-6-17-14(20)12-2-1-7-21-12/h1-4,7-8H,5-6H2,(H,17,20)(H,18,19). The van der Waals surface area contributed by atoms with Crippen LogP contribution in [0.4, 0.5) is 14.5 Å². The summed E-state index contributed by atoms with van der Waals surface area (Å²) in [6, 6.07) is 6.12. The average Bonchev–Trinajstić information content (AvgIpc) is 2.97. The van der Waals surface area contributed by atoms with Crippen LogP contribution in [0.1, 0.15) is 17.0 Å². The lowest BCUT2D eigenvalue weighted by atomic mass is 10.3. The maximum atomic E-state index is 13.0. The van der Waals surface area contributed by atoms with Crippen molar-refractivity contribution in [1.82, 2.24) is 5.32 Å². The largest absolute Gasteiger partial charge is 0.459 e. The van der Waals surface area contributed by atoms with Gasteiger partial charge in [0.1, 0.15) is 0 Å². The van der Waals surface area contributed by atoms with Crippen molar-refractivity contribution in [3.63, 3.8) is 0 Å². The summed E-state index contributed by atoms with van der Waals surface area (Å²) < 4.78 is 30.6. The Labute approximate surface area is 118 Å². The number of halogens is 2.